The van der Waals surface area contributed by atoms with Crippen LogP contribution in [0, 0.1) is 0 Å². The minimum Gasteiger partial charge on any atom is -0.378 e. The summed E-state index contributed by atoms with van der Waals surface area (Å²) in [5, 5.41) is 16.0. The summed E-state index contributed by atoms with van der Waals surface area (Å²) < 4.78 is 5.41. The van der Waals surface area contributed by atoms with E-state index in [1.165, 1.54) is 0 Å². The first kappa shape index (κ1) is 24.0. The minimum atomic E-state index is -0.257. The maximum absolute atomic E-state index is 13.1. The van der Waals surface area contributed by atoms with Crippen LogP contribution in [0.2, 0.25) is 0 Å². The van der Waals surface area contributed by atoms with Crippen molar-refractivity contribution in [1.29, 1.82) is 0 Å². The SMILES string of the molecule is CCCC(NC(=O)c1ccc2[nH]nc(NC(=O)c3ccc(N4CCOCC4)cc3)c2c1)c1cccs1. The Kier molecular flexibility index (Phi) is 7.29. The number of anilines is 2. The molecule has 36 heavy (non-hydrogen) atoms. The molecule has 9 heteroatoms. The molecule has 186 valence electrons. The quantitative estimate of drug-likeness (QED) is 0.315. The van der Waals surface area contributed by atoms with Gasteiger partial charge >= 0.3 is 0 Å². The van der Waals surface area contributed by atoms with Crippen LogP contribution in [0.4, 0.5) is 11.5 Å². The second kappa shape index (κ2) is 10.9. The van der Waals surface area contributed by atoms with Crippen LogP contribution >= 0.6 is 11.3 Å². The van der Waals surface area contributed by atoms with Crippen molar-refractivity contribution in [3.05, 3.63) is 76.0 Å². The normalized spacial score (nSPS) is 14.5. The molecule has 0 spiro atoms. The van der Waals surface area contributed by atoms with Gasteiger partial charge in [0, 0.05) is 40.2 Å². The number of fused-ring (bicyclic) bond motifs is 1. The Morgan fingerprint density at radius 2 is 1.86 bits per heavy atom. The predicted octanol–water partition coefficient (Wildman–Crippen LogP) is 4.98. The van der Waals surface area contributed by atoms with Crippen LogP contribution in [-0.2, 0) is 4.74 Å². The maximum atomic E-state index is 13.1. The highest BCUT2D eigenvalue weighted by molar-refractivity contribution is 7.10. The number of nitrogens with one attached hydrogen (secondary N) is 3. The molecule has 1 aliphatic rings. The maximum Gasteiger partial charge on any atom is 0.256 e. The van der Waals surface area contributed by atoms with E-state index >= 15 is 0 Å². The predicted molar refractivity (Wildman–Crippen MR) is 143 cm³/mol. The number of hydrogen-bond acceptors (Lipinski definition) is 6. The summed E-state index contributed by atoms with van der Waals surface area (Å²) >= 11 is 1.64. The van der Waals surface area contributed by atoms with Crippen molar-refractivity contribution < 1.29 is 14.3 Å². The summed E-state index contributed by atoms with van der Waals surface area (Å²) in [7, 11) is 0. The van der Waals surface area contributed by atoms with E-state index in [0.29, 0.717) is 35.5 Å². The number of hydrogen-bond donors (Lipinski definition) is 3. The van der Waals surface area contributed by atoms with Gasteiger partial charge < -0.3 is 20.3 Å². The van der Waals surface area contributed by atoms with E-state index in [1.807, 2.05) is 47.8 Å². The van der Waals surface area contributed by atoms with Crippen LogP contribution in [0.15, 0.2) is 60.0 Å². The largest absolute Gasteiger partial charge is 0.378 e. The molecule has 5 rings (SSSR count). The molecule has 2 aromatic heterocycles. The summed E-state index contributed by atoms with van der Waals surface area (Å²) in [5.41, 5.74) is 2.87. The van der Waals surface area contributed by atoms with Crippen LogP contribution in [0.3, 0.4) is 0 Å². The number of H-pyrrole nitrogens is 1. The Balaban J connectivity index is 1.30. The molecule has 1 atom stereocenters. The zero-order valence-corrected chi connectivity index (χ0v) is 20.9. The van der Waals surface area contributed by atoms with Crippen LogP contribution in [0.1, 0.15) is 51.4 Å². The van der Waals surface area contributed by atoms with E-state index in [2.05, 4.69) is 32.7 Å². The van der Waals surface area contributed by atoms with E-state index < -0.39 is 0 Å². The van der Waals surface area contributed by atoms with Gasteiger partial charge in [-0.2, -0.15) is 5.10 Å². The van der Waals surface area contributed by atoms with Gasteiger partial charge in [0.05, 0.1) is 24.8 Å². The number of carbonyl (C=O) groups is 2. The number of rotatable bonds is 8. The minimum absolute atomic E-state index is 0.0258. The lowest BCUT2D eigenvalue weighted by atomic mass is 10.1. The van der Waals surface area contributed by atoms with Crippen molar-refractivity contribution in [3.8, 4) is 0 Å². The molecular weight excluding hydrogens is 474 g/mol. The highest BCUT2D eigenvalue weighted by Gasteiger charge is 2.18. The number of aromatic nitrogens is 2. The number of morpholine rings is 1. The lowest BCUT2D eigenvalue weighted by molar-refractivity contribution is 0.0934. The molecule has 0 saturated carbocycles. The van der Waals surface area contributed by atoms with Gasteiger partial charge in [-0.1, -0.05) is 19.4 Å². The van der Waals surface area contributed by atoms with Crippen molar-refractivity contribution in [2.45, 2.75) is 25.8 Å². The molecule has 8 nitrogen and oxygen atoms in total. The summed E-state index contributed by atoms with van der Waals surface area (Å²) in [6.07, 6.45) is 1.83. The topological polar surface area (TPSA) is 99.3 Å². The third-order valence-electron chi connectivity index (χ3n) is 6.33. The van der Waals surface area contributed by atoms with Crippen LogP contribution < -0.4 is 15.5 Å². The molecule has 1 unspecified atom stereocenters. The third kappa shape index (κ3) is 5.27. The lowest BCUT2D eigenvalue weighted by Crippen LogP contribution is -2.36. The van der Waals surface area contributed by atoms with Gasteiger partial charge in [-0.15, -0.1) is 11.3 Å². The first-order chi connectivity index (χ1) is 17.6. The average molecular weight is 504 g/mol. The Bertz CT molecular complexity index is 1330. The first-order valence-electron chi connectivity index (χ1n) is 12.2. The number of nitrogens with zero attached hydrogens (tertiary/aromatic N) is 2. The van der Waals surface area contributed by atoms with E-state index in [1.54, 1.807) is 23.5 Å². The fraction of sp³-hybridized carbons (Fsp3) is 0.296. The van der Waals surface area contributed by atoms with Crippen LogP contribution in [0.5, 0.6) is 0 Å². The van der Waals surface area contributed by atoms with Gasteiger partial charge in [-0.3, -0.25) is 14.7 Å². The Morgan fingerprint density at radius 1 is 1.08 bits per heavy atom. The highest BCUT2D eigenvalue weighted by atomic mass is 32.1. The number of carbonyl (C=O) groups excluding carboxylic acids is 2. The van der Waals surface area contributed by atoms with Gasteiger partial charge in [-0.25, -0.2) is 0 Å². The second-order valence-corrected chi connectivity index (χ2v) is 9.74. The fourth-order valence-corrected chi connectivity index (χ4v) is 5.19. The molecule has 4 aromatic rings. The smallest absolute Gasteiger partial charge is 0.256 e. The molecule has 0 aliphatic carbocycles. The summed E-state index contributed by atoms with van der Waals surface area (Å²) in [5.74, 6) is -0.0151. The Labute approximate surface area is 213 Å². The van der Waals surface area contributed by atoms with Gasteiger partial charge in [0.2, 0.25) is 0 Å². The highest BCUT2D eigenvalue weighted by Crippen LogP contribution is 2.26. The summed E-state index contributed by atoms with van der Waals surface area (Å²) in [4.78, 5) is 29.4. The zero-order valence-electron chi connectivity index (χ0n) is 20.1. The van der Waals surface area contributed by atoms with E-state index in [9.17, 15) is 9.59 Å². The standard InChI is InChI=1S/C27H29N5O3S/c1-2-4-23(24-5-3-16-36-24)28-27(34)19-8-11-22-21(17-19)25(31-30-22)29-26(33)18-6-9-20(10-7-18)32-12-14-35-15-13-32/h3,5-11,16-17,23H,2,4,12-15H2,1H3,(H,28,34)(H2,29,30,31,33). The monoisotopic (exact) mass is 503 g/mol. The molecule has 2 amide bonds. The molecule has 3 heterocycles. The third-order valence-corrected chi connectivity index (χ3v) is 7.32. The summed E-state index contributed by atoms with van der Waals surface area (Å²) in [6.45, 7) is 5.21. The van der Waals surface area contributed by atoms with E-state index in [-0.39, 0.29) is 17.9 Å². The van der Waals surface area contributed by atoms with Crippen molar-refractivity contribution in [2.75, 3.05) is 36.5 Å². The molecular formula is C27H29N5O3S. The van der Waals surface area contributed by atoms with Gasteiger partial charge in [-0.05, 0) is 60.3 Å². The number of thiophene rings is 1. The van der Waals surface area contributed by atoms with Crippen molar-refractivity contribution >= 4 is 45.6 Å². The fourth-order valence-electron chi connectivity index (χ4n) is 4.38. The second-order valence-electron chi connectivity index (χ2n) is 8.76. The van der Waals surface area contributed by atoms with Gasteiger partial charge in [0.25, 0.3) is 11.8 Å². The Hall–Kier alpha value is -3.69. The van der Waals surface area contributed by atoms with Crippen molar-refractivity contribution in [2.24, 2.45) is 0 Å². The molecule has 0 bridgehead atoms. The van der Waals surface area contributed by atoms with Gasteiger partial charge in [0.1, 0.15) is 0 Å². The molecule has 1 aliphatic heterocycles. The Morgan fingerprint density at radius 3 is 2.58 bits per heavy atom. The molecule has 1 fully saturated rings. The molecule has 1 saturated heterocycles. The van der Waals surface area contributed by atoms with Gasteiger partial charge in [0.15, 0.2) is 5.82 Å². The van der Waals surface area contributed by atoms with Crippen molar-refractivity contribution in [3.63, 3.8) is 0 Å². The van der Waals surface area contributed by atoms with E-state index in [0.717, 1.165) is 42.0 Å². The zero-order chi connectivity index (χ0) is 24.9. The summed E-state index contributed by atoms with van der Waals surface area (Å²) in [6, 6.07) is 16.9. The number of aromatic amines is 1. The average Bonchev–Trinajstić information content (AvgIpc) is 3.59. The lowest BCUT2D eigenvalue weighted by Gasteiger charge is -2.28. The van der Waals surface area contributed by atoms with Crippen molar-refractivity contribution in [1.82, 2.24) is 15.5 Å². The van der Waals surface area contributed by atoms with E-state index in [4.69, 9.17) is 4.74 Å². The first-order valence-corrected chi connectivity index (χ1v) is 13.1. The molecule has 2 aromatic carbocycles. The molecule has 0 radical (unpaired) electrons. The number of ether oxygens (including phenoxy) is 1. The van der Waals surface area contributed by atoms with Crippen LogP contribution in [0.25, 0.3) is 10.9 Å². The number of amides is 2. The molecule has 3 N–H and O–H groups in total. The number of benzene rings is 2. The van der Waals surface area contributed by atoms with Crippen LogP contribution in [-0.4, -0.2) is 48.3 Å².